The number of hydrogen-bond acceptors (Lipinski definition) is 2. The summed E-state index contributed by atoms with van der Waals surface area (Å²) >= 11 is 12.0. The van der Waals surface area contributed by atoms with Crippen LogP contribution >= 0.6 is 23.2 Å². The molecule has 1 aromatic rings. The van der Waals surface area contributed by atoms with Gasteiger partial charge in [-0.25, -0.2) is 0 Å². The van der Waals surface area contributed by atoms with Crippen molar-refractivity contribution in [1.29, 1.82) is 0 Å². The Hall–Kier alpha value is -0.930. The fourth-order valence-electron chi connectivity index (χ4n) is 1.78. The fourth-order valence-corrected chi connectivity index (χ4v) is 2.48. The Morgan fingerprint density at radius 2 is 2.00 bits per heavy atom. The van der Waals surface area contributed by atoms with Crippen molar-refractivity contribution in [1.82, 2.24) is 0 Å². The first-order chi connectivity index (χ1) is 8.26. The van der Waals surface area contributed by atoms with Gasteiger partial charge in [-0.1, -0.05) is 6.07 Å². The molecule has 98 valence electrons. The average Bonchev–Trinajstić information content (AvgIpc) is 2.80. The lowest BCUT2D eigenvalue weighted by Crippen LogP contribution is -2.26. The molecule has 18 heavy (non-hydrogen) atoms. The predicted octanol–water partition coefficient (Wildman–Crippen LogP) is 3.28. The Balaban J connectivity index is 2.11. The number of halogens is 2. The van der Waals surface area contributed by atoms with Gasteiger partial charge in [0.05, 0.1) is 5.41 Å². The summed E-state index contributed by atoms with van der Waals surface area (Å²) in [5.41, 5.74) is 1.09. The molecule has 1 aromatic carbocycles. The van der Waals surface area contributed by atoms with Crippen molar-refractivity contribution in [3.63, 3.8) is 0 Å². The van der Waals surface area contributed by atoms with Gasteiger partial charge in [-0.2, -0.15) is 0 Å². The normalized spacial score (nSPS) is 24.5. The molecule has 1 saturated carbocycles. The Morgan fingerprint density at radius 1 is 1.39 bits per heavy atom. The molecule has 1 atom stereocenters. The van der Waals surface area contributed by atoms with Gasteiger partial charge in [0.25, 0.3) is 0 Å². The molecule has 1 aliphatic carbocycles. The van der Waals surface area contributed by atoms with Crippen LogP contribution in [-0.2, 0) is 4.79 Å². The molecule has 2 rings (SSSR count). The molecule has 3 nitrogen and oxygen atoms in total. The fraction of sp³-hybridized carbons (Fsp3) is 0.462. The summed E-state index contributed by atoms with van der Waals surface area (Å²) in [5.74, 6) is -0.136. The molecule has 1 amide bonds. The molecule has 1 aliphatic rings. The first-order valence-corrected chi connectivity index (χ1v) is 6.48. The number of nitrogens with zero attached hydrogens (tertiary/aromatic N) is 1. The summed E-state index contributed by atoms with van der Waals surface area (Å²) in [5, 5.41) is 2.86. The maximum Gasteiger partial charge on any atom is 0.233 e. The van der Waals surface area contributed by atoms with Gasteiger partial charge >= 0.3 is 0 Å². The number of amides is 1. The molecule has 1 N–H and O–H groups in total. The molecule has 0 aromatic heterocycles. The molecule has 0 saturated heterocycles. The van der Waals surface area contributed by atoms with E-state index in [1.165, 1.54) is 0 Å². The molecule has 0 spiro atoms. The first kappa shape index (κ1) is 13.5. The lowest BCUT2D eigenvalue weighted by atomic mass is 10.1. The number of anilines is 2. The standard InChI is InChI=1S/C13H16Cl2N2O/c1-12(8-13(12,14)15)11(18)16-9-5-4-6-10(7-9)17(2)3/h4-7H,8H2,1-3H3,(H,16,18)/t12-/m1/s1. The van der Waals surface area contributed by atoms with Crippen molar-refractivity contribution in [2.24, 2.45) is 5.41 Å². The minimum atomic E-state index is -0.934. The monoisotopic (exact) mass is 286 g/mol. The van der Waals surface area contributed by atoms with E-state index >= 15 is 0 Å². The topological polar surface area (TPSA) is 32.3 Å². The molecular formula is C13H16Cl2N2O. The van der Waals surface area contributed by atoms with E-state index in [-0.39, 0.29) is 5.91 Å². The number of carbonyl (C=O) groups is 1. The first-order valence-electron chi connectivity index (χ1n) is 5.73. The van der Waals surface area contributed by atoms with Gasteiger partial charge in [0.1, 0.15) is 4.33 Å². The van der Waals surface area contributed by atoms with Crippen molar-refractivity contribution in [3.05, 3.63) is 24.3 Å². The Morgan fingerprint density at radius 3 is 2.50 bits per heavy atom. The number of benzene rings is 1. The number of nitrogens with one attached hydrogen (secondary N) is 1. The van der Waals surface area contributed by atoms with E-state index in [0.29, 0.717) is 6.42 Å². The molecule has 5 heteroatoms. The van der Waals surface area contributed by atoms with Crippen molar-refractivity contribution in [2.75, 3.05) is 24.3 Å². The summed E-state index contributed by atoms with van der Waals surface area (Å²) in [7, 11) is 3.90. The van der Waals surface area contributed by atoms with Crippen LogP contribution in [0.3, 0.4) is 0 Å². The van der Waals surface area contributed by atoms with Gasteiger partial charge in [-0.3, -0.25) is 4.79 Å². The predicted molar refractivity (Wildman–Crippen MR) is 76.6 cm³/mol. The van der Waals surface area contributed by atoms with Crippen molar-refractivity contribution >= 4 is 40.5 Å². The van der Waals surface area contributed by atoms with Gasteiger partial charge in [-0.05, 0) is 31.5 Å². The summed E-state index contributed by atoms with van der Waals surface area (Å²) in [6, 6.07) is 7.63. The highest BCUT2D eigenvalue weighted by atomic mass is 35.5. The largest absolute Gasteiger partial charge is 0.378 e. The van der Waals surface area contributed by atoms with E-state index in [2.05, 4.69) is 5.32 Å². The number of alkyl halides is 2. The van der Waals surface area contributed by atoms with E-state index in [4.69, 9.17) is 23.2 Å². The minimum Gasteiger partial charge on any atom is -0.378 e. The summed E-state index contributed by atoms with van der Waals surface area (Å²) in [6.45, 7) is 1.78. The maximum absolute atomic E-state index is 12.1. The third-order valence-corrected chi connectivity index (χ3v) is 4.48. The second kappa shape index (κ2) is 4.32. The van der Waals surface area contributed by atoms with Crippen LogP contribution in [0.15, 0.2) is 24.3 Å². The zero-order chi connectivity index (χ0) is 13.6. The molecule has 0 radical (unpaired) electrons. The SMILES string of the molecule is CN(C)c1cccc(NC(=O)[C@@]2(C)CC2(Cl)Cl)c1. The summed E-state index contributed by atoms with van der Waals surface area (Å²) in [4.78, 5) is 14.1. The van der Waals surface area contributed by atoms with Gasteiger partial charge in [-0.15, -0.1) is 23.2 Å². The number of carbonyl (C=O) groups excluding carboxylic acids is 1. The highest BCUT2D eigenvalue weighted by Crippen LogP contribution is 2.64. The van der Waals surface area contributed by atoms with Crippen molar-refractivity contribution in [3.8, 4) is 0 Å². The summed E-state index contributed by atoms with van der Waals surface area (Å²) in [6.07, 6.45) is 0.488. The van der Waals surface area contributed by atoms with Crippen LogP contribution in [0.25, 0.3) is 0 Å². The second-order valence-electron chi connectivity index (χ2n) is 5.11. The van der Waals surface area contributed by atoms with Crippen LogP contribution < -0.4 is 10.2 Å². The van der Waals surface area contributed by atoms with Crippen molar-refractivity contribution in [2.45, 2.75) is 17.7 Å². The van der Waals surface area contributed by atoms with Gasteiger partial charge in [0.2, 0.25) is 5.91 Å². The minimum absolute atomic E-state index is 0.136. The third kappa shape index (κ3) is 2.29. The van der Waals surface area contributed by atoms with E-state index in [9.17, 15) is 4.79 Å². The van der Waals surface area contributed by atoms with E-state index in [1.54, 1.807) is 6.92 Å². The van der Waals surface area contributed by atoms with Gasteiger partial charge < -0.3 is 10.2 Å². The lowest BCUT2D eigenvalue weighted by Gasteiger charge is -2.16. The van der Waals surface area contributed by atoms with Crippen LogP contribution in [0.1, 0.15) is 13.3 Å². The van der Waals surface area contributed by atoms with E-state index in [1.807, 2.05) is 43.3 Å². The van der Waals surface area contributed by atoms with Crippen LogP contribution in [0, 0.1) is 5.41 Å². The average molecular weight is 287 g/mol. The Labute approximate surface area is 117 Å². The zero-order valence-corrected chi connectivity index (χ0v) is 12.1. The van der Waals surface area contributed by atoms with Crippen LogP contribution in [0.4, 0.5) is 11.4 Å². The smallest absolute Gasteiger partial charge is 0.233 e. The maximum atomic E-state index is 12.1. The zero-order valence-electron chi connectivity index (χ0n) is 10.6. The quantitative estimate of drug-likeness (QED) is 0.865. The lowest BCUT2D eigenvalue weighted by molar-refractivity contribution is -0.120. The molecule has 0 aliphatic heterocycles. The highest BCUT2D eigenvalue weighted by Gasteiger charge is 2.67. The van der Waals surface area contributed by atoms with Crippen LogP contribution in [-0.4, -0.2) is 24.3 Å². The van der Waals surface area contributed by atoms with E-state index in [0.717, 1.165) is 11.4 Å². The van der Waals surface area contributed by atoms with E-state index < -0.39 is 9.75 Å². The highest BCUT2D eigenvalue weighted by molar-refractivity contribution is 6.53. The van der Waals surface area contributed by atoms with Gasteiger partial charge in [0.15, 0.2) is 0 Å². The Kier molecular flexibility index (Phi) is 3.24. The van der Waals surface area contributed by atoms with Crippen LogP contribution in [0.2, 0.25) is 0 Å². The molecule has 0 unspecified atom stereocenters. The van der Waals surface area contributed by atoms with Gasteiger partial charge in [0, 0.05) is 25.5 Å². The molecular weight excluding hydrogens is 271 g/mol. The van der Waals surface area contributed by atoms with Crippen molar-refractivity contribution < 1.29 is 4.79 Å². The van der Waals surface area contributed by atoms with Crippen LogP contribution in [0.5, 0.6) is 0 Å². The number of hydrogen-bond donors (Lipinski definition) is 1. The second-order valence-corrected chi connectivity index (χ2v) is 6.60. The third-order valence-electron chi connectivity index (χ3n) is 3.38. The molecule has 0 bridgehead atoms. The number of rotatable bonds is 3. The molecule has 0 heterocycles. The Bertz CT molecular complexity index is 488. The molecule has 1 fully saturated rings. The summed E-state index contributed by atoms with van der Waals surface area (Å²) < 4.78 is -0.934.